The molecule has 0 saturated carbocycles. The zero-order valence-corrected chi connectivity index (χ0v) is 29.7. The molecule has 3 heteroatoms. The van der Waals surface area contributed by atoms with Crippen LogP contribution in [0.2, 0.25) is 0 Å². The number of fused-ring (bicyclic) bond motifs is 7. The first kappa shape index (κ1) is 31.0. The minimum absolute atomic E-state index is 0.639. The number of hydrogen-bond acceptors (Lipinski definition) is 1. The first-order chi connectivity index (χ1) is 27.3. The molecule has 0 amide bonds. The van der Waals surface area contributed by atoms with Crippen LogP contribution in [0.3, 0.4) is 0 Å². The number of hydrogen-bond donors (Lipinski definition) is 0. The summed E-state index contributed by atoms with van der Waals surface area (Å²) < 4.78 is 2.31. The maximum absolute atomic E-state index is 7.80. The molecule has 0 N–H and O–H groups in total. The summed E-state index contributed by atoms with van der Waals surface area (Å²) in [4.78, 5) is 8.62. The summed E-state index contributed by atoms with van der Waals surface area (Å²) in [7, 11) is 0. The van der Waals surface area contributed by atoms with E-state index in [1.807, 2.05) is 30.5 Å². The van der Waals surface area contributed by atoms with Gasteiger partial charge in [0, 0.05) is 28.2 Å². The third-order valence-electron chi connectivity index (χ3n) is 11.2. The smallest absolute Gasteiger partial charge is 0.188 e. The molecular weight excluding hydrogens is 667 g/mol. The summed E-state index contributed by atoms with van der Waals surface area (Å²) in [5.41, 5.74) is 12.1. The van der Waals surface area contributed by atoms with Crippen LogP contribution < -0.4 is 0 Å². The van der Waals surface area contributed by atoms with Crippen LogP contribution in [0.15, 0.2) is 188 Å². The summed E-state index contributed by atoms with van der Waals surface area (Å²) in [5.74, 6) is 0. The van der Waals surface area contributed by atoms with E-state index >= 15 is 0 Å². The van der Waals surface area contributed by atoms with Crippen molar-refractivity contribution in [2.45, 2.75) is 0 Å². The molecule has 3 nitrogen and oxygen atoms in total. The fourth-order valence-corrected chi connectivity index (χ4v) is 8.89. The lowest BCUT2D eigenvalue weighted by Gasteiger charge is -2.20. The Hall–Kier alpha value is -7.54. The van der Waals surface area contributed by atoms with E-state index in [4.69, 9.17) is 11.6 Å². The van der Waals surface area contributed by atoms with E-state index in [1.54, 1.807) is 0 Å². The molecule has 11 rings (SSSR count). The van der Waals surface area contributed by atoms with Crippen molar-refractivity contribution < 1.29 is 0 Å². The summed E-state index contributed by atoms with van der Waals surface area (Å²) >= 11 is 0. The largest absolute Gasteiger partial charge is 0.309 e. The minimum Gasteiger partial charge on any atom is -0.309 e. The molecule has 0 atom stereocenters. The quantitative estimate of drug-likeness (QED) is 0.133. The molecule has 0 fully saturated rings. The highest BCUT2D eigenvalue weighted by atomic mass is 15.0. The average Bonchev–Trinajstić information content (AvgIpc) is 3.58. The van der Waals surface area contributed by atoms with Crippen molar-refractivity contribution in [3.63, 3.8) is 0 Å². The van der Waals surface area contributed by atoms with Gasteiger partial charge in [0.1, 0.15) is 0 Å². The number of pyridine rings is 1. The molecule has 11 aromatic rings. The molecule has 9 aromatic carbocycles. The zero-order valence-electron chi connectivity index (χ0n) is 29.7. The summed E-state index contributed by atoms with van der Waals surface area (Å²) in [5, 5.41) is 10.6. The zero-order chi connectivity index (χ0) is 36.5. The van der Waals surface area contributed by atoms with Gasteiger partial charge < -0.3 is 4.57 Å². The summed E-state index contributed by atoms with van der Waals surface area (Å²) in [6.45, 7) is 7.80. The number of rotatable bonds is 4. The van der Waals surface area contributed by atoms with Crippen LogP contribution in [-0.2, 0) is 0 Å². The van der Waals surface area contributed by atoms with Gasteiger partial charge in [0.2, 0.25) is 0 Å². The molecule has 0 aliphatic heterocycles. The first-order valence-corrected chi connectivity index (χ1v) is 18.6. The second-order valence-electron chi connectivity index (χ2n) is 14.1. The van der Waals surface area contributed by atoms with Gasteiger partial charge in [0.25, 0.3) is 0 Å². The third kappa shape index (κ3) is 4.72. The van der Waals surface area contributed by atoms with Gasteiger partial charge in [-0.2, -0.15) is 0 Å². The minimum atomic E-state index is 0.639. The maximum Gasteiger partial charge on any atom is 0.188 e. The van der Waals surface area contributed by atoms with E-state index in [0.29, 0.717) is 5.69 Å². The molecule has 0 saturated heterocycles. The normalized spacial score (nSPS) is 11.6. The Bertz CT molecular complexity index is 3320. The molecule has 0 spiro atoms. The van der Waals surface area contributed by atoms with Gasteiger partial charge in [-0.25, -0.2) is 4.85 Å². The second kappa shape index (κ2) is 12.3. The van der Waals surface area contributed by atoms with Crippen LogP contribution in [0, 0.1) is 6.57 Å². The molecule has 2 heterocycles. The average molecular weight is 698 g/mol. The topological polar surface area (TPSA) is 22.2 Å². The third-order valence-corrected chi connectivity index (χ3v) is 11.2. The van der Waals surface area contributed by atoms with Gasteiger partial charge >= 0.3 is 0 Å². The lowest BCUT2D eigenvalue weighted by molar-refractivity contribution is 1.18. The van der Waals surface area contributed by atoms with Gasteiger partial charge in [-0.3, -0.25) is 4.98 Å². The predicted octanol–water partition coefficient (Wildman–Crippen LogP) is 14.3. The van der Waals surface area contributed by atoms with Gasteiger partial charge in [0.05, 0.1) is 23.1 Å². The highest BCUT2D eigenvalue weighted by Crippen LogP contribution is 2.47. The number of aromatic nitrogens is 2. The van der Waals surface area contributed by atoms with Crippen LogP contribution in [0.4, 0.5) is 5.69 Å². The molecule has 0 unspecified atom stereocenters. The van der Waals surface area contributed by atoms with Crippen LogP contribution in [0.5, 0.6) is 0 Å². The fraction of sp³-hybridized carbons (Fsp3) is 0. The van der Waals surface area contributed by atoms with Crippen LogP contribution in [-0.4, -0.2) is 9.55 Å². The highest BCUT2D eigenvalue weighted by Gasteiger charge is 2.21. The van der Waals surface area contributed by atoms with Crippen molar-refractivity contribution in [2.24, 2.45) is 0 Å². The molecule has 2 aromatic heterocycles. The second-order valence-corrected chi connectivity index (χ2v) is 14.1. The van der Waals surface area contributed by atoms with Crippen molar-refractivity contribution in [1.29, 1.82) is 0 Å². The van der Waals surface area contributed by atoms with Crippen molar-refractivity contribution in [2.75, 3.05) is 0 Å². The molecular formula is C52H31N3. The monoisotopic (exact) mass is 697 g/mol. The molecule has 0 aliphatic carbocycles. The van der Waals surface area contributed by atoms with Gasteiger partial charge in [-0.1, -0.05) is 140 Å². The molecule has 0 radical (unpaired) electrons. The fourth-order valence-electron chi connectivity index (χ4n) is 8.89. The summed E-state index contributed by atoms with van der Waals surface area (Å²) in [6, 6.07) is 65.1. The van der Waals surface area contributed by atoms with E-state index in [0.717, 1.165) is 49.5 Å². The Morgan fingerprint density at radius 1 is 0.418 bits per heavy atom. The van der Waals surface area contributed by atoms with Gasteiger partial charge in [-0.05, 0) is 108 Å². The van der Waals surface area contributed by atoms with E-state index in [1.165, 1.54) is 54.6 Å². The van der Waals surface area contributed by atoms with Crippen molar-refractivity contribution in [3.05, 3.63) is 200 Å². The lowest BCUT2D eigenvalue weighted by atomic mass is 9.83. The Kier molecular flexibility index (Phi) is 6.92. The van der Waals surface area contributed by atoms with Gasteiger partial charge in [0.15, 0.2) is 5.69 Å². The van der Waals surface area contributed by atoms with Crippen LogP contribution >= 0.6 is 0 Å². The Morgan fingerprint density at radius 2 is 1.00 bits per heavy atom. The predicted molar refractivity (Wildman–Crippen MR) is 231 cm³/mol. The van der Waals surface area contributed by atoms with Crippen LogP contribution in [0.25, 0.3) is 109 Å². The number of para-hydroxylation sites is 2. The van der Waals surface area contributed by atoms with E-state index in [9.17, 15) is 0 Å². The van der Waals surface area contributed by atoms with E-state index in [-0.39, 0.29) is 0 Å². The molecule has 55 heavy (non-hydrogen) atoms. The van der Waals surface area contributed by atoms with Crippen molar-refractivity contribution in [1.82, 2.24) is 9.55 Å². The maximum atomic E-state index is 7.80. The summed E-state index contributed by atoms with van der Waals surface area (Å²) in [6.07, 6.45) is 1.88. The number of nitrogens with zero attached hydrogens (tertiary/aromatic N) is 3. The van der Waals surface area contributed by atoms with Crippen molar-refractivity contribution >= 4 is 70.7 Å². The molecule has 0 aliphatic rings. The molecule has 254 valence electrons. The SMILES string of the molecule is [C-]#[N+]c1ccc2c(c1)c1cc(-c3c4ccccc4c(-c4ccc(-c5cccc6cccnc56)c5ccccc45)c4ccccc34)ccc1n2-c1ccccc1. The number of benzene rings is 9. The standard InChI is InChI=1S/C52H31N3/c1-53-35-25-29-49-47(32-35)46-31-34(24-28-48(46)55(49)36-15-3-2-4-16-36)50-40-19-7-9-21-42(40)51(43-22-10-8-20-41(43)50)44-27-26-39(37-17-5-6-18-38(37)44)45-23-11-13-33-14-12-30-54-52(33)45/h2-32H. The highest BCUT2D eigenvalue weighted by molar-refractivity contribution is 6.25. The molecule has 0 bridgehead atoms. The van der Waals surface area contributed by atoms with Crippen LogP contribution in [0.1, 0.15) is 0 Å². The lowest BCUT2D eigenvalue weighted by Crippen LogP contribution is -1.94. The Morgan fingerprint density at radius 3 is 1.71 bits per heavy atom. The van der Waals surface area contributed by atoms with E-state index in [2.05, 4.69) is 167 Å². The Labute approximate surface area is 317 Å². The first-order valence-electron chi connectivity index (χ1n) is 18.6. The van der Waals surface area contributed by atoms with Crippen molar-refractivity contribution in [3.8, 4) is 39.1 Å². The van der Waals surface area contributed by atoms with E-state index < -0.39 is 0 Å². The van der Waals surface area contributed by atoms with Gasteiger partial charge in [-0.15, -0.1) is 0 Å². The Balaban J connectivity index is 1.19.